The second-order valence-corrected chi connectivity index (χ2v) is 9.54. The van der Waals surface area contributed by atoms with Gasteiger partial charge in [-0.15, -0.1) is 0 Å². The van der Waals surface area contributed by atoms with Gasteiger partial charge in [0.05, 0.1) is 13.1 Å². The lowest BCUT2D eigenvalue weighted by atomic mass is 9.98. The van der Waals surface area contributed by atoms with Gasteiger partial charge in [0.25, 0.3) is 5.56 Å². The monoisotopic (exact) mass is 460 g/mol. The Hall–Kier alpha value is -2.96. The lowest BCUT2D eigenvalue weighted by Gasteiger charge is -2.32. The van der Waals surface area contributed by atoms with Crippen molar-refractivity contribution < 1.29 is 4.79 Å². The first kappa shape index (κ1) is 24.2. The van der Waals surface area contributed by atoms with Gasteiger partial charge in [0, 0.05) is 30.7 Å². The zero-order valence-electron chi connectivity index (χ0n) is 20.4. The van der Waals surface area contributed by atoms with Crippen LogP contribution < -0.4 is 5.56 Å². The molecule has 4 rings (SSSR count). The van der Waals surface area contributed by atoms with Crippen LogP contribution in [-0.4, -0.2) is 72.4 Å². The van der Waals surface area contributed by atoms with E-state index in [4.69, 9.17) is 0 Å². The number of fused-ring (bicyclic) bond motifs is 3. The van der Waals surface area contributed by atoms with Gasteiger partial charge < -0.3 is 14.8 Å². The summed E-state index contributed by atoms with van der Waals surface area (Å²) in [5, 5.41) is 1.74. The number of nitrogens with one attached hydrogen (secondary N) is 1. The minimum atomic E-state index is -0.0744. The summed E-state index contributed by atoms with van der Waals surface area (Å²) in [6.07, 6.45) is 4.02. The fourth-order valence-electron chi connectivity index (χ4n) is 4.75. The molecule has 0 bridgehead atoms. The van der Waals surface area contributed by atoms with E-state index in [2.05, 4.69) is 59.2 Å². The first-order valence-corrected chi connectivity index (χ1v) is 12.3. The summed E-state index contributed by atoms with van der Waals surface area (Å²) in [6, 6.07) is 18.3. The van der Waals surface area contributed by atoms with Crippen molar-refractivity contribution in [3.8, 4) is 0 Å². The molecule has 180 valence electrons. The van der Waals surface area contributed by atoms with Crippen LogP contribution in [0.1, 0.15) is 29.7 Å². The van der Waals surface area contributed by atoms with Crippen molar-refractivity contribution in [1.82, 2.24) is 19.7 Å². The Balaban J connectivity index is 1.36. The number of aromatic nitrogens is 1. The van der Waals surface area contributed by atoms with Crippen molar-refractivity contribution >= 4 is 16.7 Å². The summed E-state index contributed by atoms with van der Waals surface area (Å²) in [5.74, 6) is 0.140. The van der Waals surface area contributed by atoms with E-state index in [1.807, 2.05) is 29.2 Å². The number of carbonyl (C=O) groups is 1. The molecule has 1 aromatic heterocycles. The second kappa shape index (κ2) is 11.4. The zero-order valence-corrected chi connectivity index (χ0v) is 20.4. The molecule has 1 aliphatic heterocycles. The van der Waals surface area contributed by atoms with Gasteiger partial charge in [-0.3, -0.25) is 14.5 Å². The molecule has 1 aliphatic rings. The molecule has 1 N–H and O–H groups in total. The summed E-state index contributed by atoms with van der Waals surface area (Å²) < 4.78 is 0. The van der Waals surface area contributed by atoms with E-state index in [9.17, 15) is 9.59 Å². The topological polar surface area (TPSA) is 59.6 Å². The number of likely N-dealkylation sites (N-methyl/N-ethyl adjacent to an activating group) is 1. The Labute approximate surface area is 202 Å². The normalized spacial score (nSPS) is 13.6. The number of amides is 1. The third-order valence-corrected chi connectivity index (χ3v) is 6.71. The SMILES string of the molecule is CN(C)CCN(CCCCc1ccccc1)CC(=O)N1CCc2c([nH]c(=O)c3ccccc23)C1. The van der Waals surface area contributed by atoms with Crippen LogP contribution in [0, 0.1) is 0 Å². The van der Waals surface area contributed by atoms with Gasteiger partial charge in [-0.25, -0.2) is 0 Å². The minimum absolute atomic E-state index is 0.0744. The van der Waals surface area contributed by atoms with Crippen LogP contribution in [0.15, 0.2) is 59.4 Å². The van der Waals surface area contributed by atoms with Crippen molar-refractivity contribution in [2.75, 3.05) is 46.8 Å². The third-order valence-electron chi connectivity index (χ3n) is 6.71. The van der Waals surface area contributed by atoms with Crippen LogP contribution in [0.25, 0.3) is 10.8 Å². The van der Waals surface area contributed by atoms with E-state index in [0.717, 1.165) is 61.8 Å². The van der Waals surface area contributed by atoms with Crippen LogP contribution in [0.4, 0.5) is 0 Å². The Kier molecular flexibility index (Phi) is 8.14. The minimum Gasteiger partial charge on any atom is -0.335 e. The molecule has 0 saturated heterocycles. The van der Waals surface area contributed by atoms with Crippen molar-refractivity contribution in [3.05, 3.63) is 81.8 Å². The molecule has 34 heavy (non-hydrogen) atoms. The highest BCUT2D eigenvalue weighted by Gasteiger charge is 2.24. The van der Waals surface area contributed by atoms with Gasteiger partial charge in [-0.2, -0.15) is 0 Å². The van der Waals surface area contributed by atoms with E-state index in [0.29, 0.717) is 19.6 Å². The number of H-pyrrole nitrogens is 1. The number of hydrogen-bond donors (Lipinski definition) is 1. The van der Waals surface area contributed by atoms with Crippen molar-refractivity contribution in [3.63, 3.8) is 0 Å². The number of carbonyl (C=O) groups excluding carboxylic acids is 1. The fourth-order valence-corrected chi connectivity index (χ4v) is 4.75. The molecule has 2 aromatic carbocycles. The van der Waals surface area contributed by atoms with Crippen LogP contribution >= 0.6 is 0 Å². The Morgan fingerprint density at radius 2 is 1.68 bits per heavy atom. The second-order valence-electron chi connectivity index (χ2n) is 9.54. The van der Waals surface area contributed by atoms with E-state index < -0.39 is 0 Å². The molecule has 6 nitrogen and oxygen atoms in total. The Morgan fingerprint density at radius 3 is 2.44 bits per heavy atom. The number of aromatic amines is 1. The first-order valence-electron chi connectivity index (χ1n) is 12.3. The van der Waals surface area contributed by atoms with Gasteiger partial charge >= 0.3 is 0 Å². The maximum Gasteiger partial charge on any atom is 0.256 e. The average Bonchev–Trinajstić information content (AvgIpc) is 2.85. The maximum atomic E-state index is 13.2. The summed E-state index contributed by atoms with van der Waals surface area (Å²) in [6.45, 7) is 4.30. The predicted molar refractivity (Wildman–Crippen MR) is 138 cm³/mol. The van der Waals surface area contributed by atoms with Crippen LogP contribution in [0.2, 0.25) is 0 Å². The van der Waals surface area contributed by atoms with Crippen molar-refractivity contribution in [1.29, 1.82) is 0 Å². The van der Waals surface area contributed by atoms with Gasteiger partial charge in [0.2, 0.25) is 5.91 Å². The highest BCUT2D eigenvalue weighted by Crippen LogP contribution is 2.24. The maximum absolute atomic E-state index is 13.2. The van der Waals surface area contributed by atoms with E-state index in [1.54, 1.807) is 0 Å². The van der Waals surface area contributed by atoms with Gasteiger partial charge in [0.1, 0.15) is 0 Å². The molecule has 0 aliphatic carbocycles. The largest absolute Gasteiger partial charge is 0.335 e. The van der Waals surface area contributed by atoms with E-state index in [-0.39, 0.29) is 11.5 Å². The molecule has 0 saturated carbocycles. The summed E-state index contributed by atoms with van der Waals surface area (Å²) in [5.41, 5.74) is 3.34. The molecule has 6 heteroatoms. The Bertz CT molecular complexity index is 1160. The molecular weight excluding hydrogens is 424 g/mol. The molecule has 0 unspecified atom stereocenters. The van der Waals surface area contributed by atoms with Gasteiger partial charge in [-0.05, 0) is 68.9 Å². The summed E-state index contributed by atoms with van der Waals surface area (Å²) in [4.78, 5) is 35.2. The van der Waals surface area contributed by atoms with Crippen molar-refractivity contribution in [2.45, 2.75) is 32.2 Å². The predicted octanol–water partition coefficient (Wildman–Crippen LogP) is 3.30. The number of rotatable bonds is 10. The molecule has 1 amide bonds. The van der Waals surface area contributed by atoms with E-state index >= 15 is 0 Å². The molecule has 2 heterocycles. The molecule has 3 aromatic rings. The highest BCUT2D eigenvalue weighted by atomic mass is 16.2. The standard InChI is InChI=1S/C28H36N4O2/c1-30(2)18-19-31(16-9-8-12-22-10-4-3-5-11-22)21-27(33)32-17-15-24-23-13-6-7-14-25(23)28(34)29-26(24)20-32/h3-7,10-11,13-14H,8-9,12,15-21H2,1-2H3,(H,29,34). The lowest BCUT2D eigenvalue weighted by molar-refractivity contribution is -0.133. The number of hydrogen-bond acceptors (Lipinski definition) is 4. The van der Waals surface area contributed by atoms with Crippen LogP contribution in [-0.2, 0) is 24.2 Å². The fraction of sp³-hybridized carbons (Fsp3) is 0.429. The summed E-state index contributed by atoms with van der Waals surface area (Å²) >= 11 is 0. The molecule has 0 fully saturated rings. The smallest absolute Gasteiger partial charge is 0.256 e. The van der Waals surface area contributed by atoms with E-state index in [1.165, 1.54) is 11.1 Å². The summed E-state index contributed by atoms with van der Waals surface area (Å²) in [7, 11) is 4.13. The lowest BCUT2D eigenvalue weighted by Crippen LogP contribution is -2.45. The quantitative estimate of drug-likeness (QED) is 0.472. The van der Waals surface area contributed by atoms with Crippen LogP contribution in [0.5, 0.6) is 0 Å². The number of aryl methyl sites for hydroxylation is 1. The molecule has 0 spiro atoms. The highest BCUT2D eigenvalue weighted by molar-refractivity contribution is 5.86. The van der Waals surface area contributed by atoms with Gasteiger partial charge in [-0.1, -0.05) is 48.5 Å². The van der Waals surface area contributed by atoms with Crippen LogP contribution in [0.3, 0.4) is 0 Å². The van der Waals surface area contributed by atoms with Crippen molar-refractivity contribution in [2.24, 2.45) is 0 Å². The molecular formula is C28H36N4O2. The average molecular weight is 461 g/mol. The number of benzene rings is 2. The third kappa shape index (κ3) is 6.13. The first-order chi connectivity index (χ1) is 16.5. The molecule has 0 radical (unpaired) electrons. The number of unbranched alkanes of at least 4 members (excludes halogenated alkanes) is 1. The Morgan fingerprint density at radius 1 is 0.941 bits per heavy atom. The number of nitrogens with zero attached hydrogens (tertiary/aromatic N) is 3. The molecule has 0 atom stereocenters. The number of pyridine rings is 1. The van der Waals surface area contributed by atoms with Gasteiger partial charge in [0.15, 0.2) is 0 Å². The zero-order chi connectivity index (χ0) is 23.9.